The van der Waals surface area contributed by atoms with Gasteiger partial charge in [-0.1, -0.05) is 12.1 Å². The topological polar surface area (TPSA) is 62.5 Å². The highest BCUT2D eigenvalue weighted by atomic mass is 19.1. The Balaban J connectivity index is 1.84. The first-order valence-electron chi connectivity index (χ1n) is 10.1. The van der Waals surface area contributed by atoms with E-state index >= 15 is 0 Å². The average molecular weight is 426 g/mol. The zero-order valence-electron chi connectivity index (χ0n) is 18.4. The third-order valence-electron chi connectivity index (χ3n) is 4.95. The van der Waals surface area contributed by atoms with E-state index in [1.807, 2.05) is 26.0 Å². The van der Waals surface area contributed by atoms with Crippen molar-refractivity contribution >= 4 is 5.97 Å². The molecule has 0 N–H and O–H groups in total. The van der Waals surface area contributed by atoms with E-state index in [0.717, 1.165) is 16.7 Å². The van der Waals surface area contributed by atoms with Crippen molar-refractivity contribution in [2.24, 2.45) is 0 Å². The van der Waals surface area contributed by atoms with Crippen LogP contribution in [0.5, 0.6) is 5.75 Å². The van der Waals surface area contributed by atoms with Gasteiger partial charge in [-0.3, -0.25) is 9.13 Å². The number of imidazole rings is 1. The highest BCUT2D eigenvalue weighted by Crippen LogP contribution is 2.29. The van der Waals surface area contributed by atoms with E-state index in [-0.39, 0.29) is 18.1 Å². The van der Waals surface area contributed by atoms with Gasteiger partial charge in [-0.05, 0) is 75.6 Å². The second-order valence-electron chi connectivity index (χ2n) is 7.95. The van der Waals surface area contributed by atoms with E-state index in [1.165, 1.54) is 16.7 Å². The van der Waals surface area contributed by atoms with Crippen LogP contribution in [-0.4, -0.2) is 27.3 Å². The second kappa shape index (κ2) is 8.79. The summed E-state index contributed by atoms with van der Waals surface area (Å²) in [5, 5.41) is 0. The van der Waals surface area contributed by atoms with E-state index in [2.05, 4.69) is 0 Å². The molecule has 0 atom stereocenters. The molecule has 0 unspecified atom stereocenters. The van der Waals surface area contributed by atoms with Gasteiger partial charge in [0.15, 0.2) is 5.60 Å². The number of hydrogen-bond acceptors (Lipinski definition) is 4. The summed E-state index contributed by atoms with van der Waals surface area (Å²) in [6.07, 6.45) is 3.36. The molecule has 6 nitrogen and oxygen atoms in total. The van der Waals surface area contributed by atoms with Crippen LogP contribution >= 0.6 is 0 Å². The maximum Gasteiger partial charge on any atom is 0.349 e. The van der Waals surface area contributed by atoms with Crippen molar-refractivity contribution in [3.63, 3.8) is 0 Å². The summed E-state index contributed by atoms with van der Waals surface area (Å²) in [7, 11) is 0. The summed E-state index contributed by atoms with van der Waals surface area (Å²) in [6, 6.07) is 9.64. The molecule has 0 fully saturated rings. The predicted octanol–water partition coefficient (Wildman–Crippen LogP) is 4.16. The Kier molecular flexibility index (Phi) is 6.34. The number of nitrogens with zero attached hydrogens (tertiary/aromatic N) is 2. The Morgan fingerprint density at radius 1 is 1.06 bits per heavy atom. The molecule has 164 valence electrons. The largest absolute Gasteiger partial charge is 0.476 e. The van der Waals surface area contributed by atoms with Gasteiger partial charge >= 0.3 is 11.7 Å². The third-order valence-corrected chi connectivity index (χ3v) is 4.95. The molecule has 3 rings (SSSR count). The quantitative estimate of drug-likeness (QED) is 0.532. The van der Waals surface area contributed by atoms with E-state index < -0.39 is 11.6 Å². The number of carbonyl (C=O) groups is 1. The molecular weight excluding hydrogens is 399 g/mol. The molecule has 0 aliphatic heterocycles. The lowest BCUT2D eigenvalue weighted by molar-refractivity contribution is -0.158. The molecule has 3 aromatic rings. The van der Waals surface area contributed by atoms with Crippen LogP contribution in [0.1, 0.15) is 37.5 Å². The molecule has 0 bridgehead atoms. The fourth-order valence-electron chi connectivity index (χ4n) is 3.42. The molecule has 7 heteroatoms. The minimum Gasteiger partial charge on any atom is -0.476 e. The van der Waals surface area contributed by atoms with Gasteiger partial charge in [-0.25, -0.2) is 14.0 Å². The van der Waals surface area contributed by atoms with Gasteiger partial charge in [0.1, 0.15) is 11.6 Å². The zero-order valence-corrected chi connectivity index (χ0v) is 18.4. The summed E-state index contributed by atoms with van der Waals surface area (Å²) in [4.78, 5) is 24.9. The van der Waals surface area contributed by atoms with Crippen LogP contribution in [0.3, 0.4) is 0 Å². The lowest BCUT2D eigenvalue weighted by atomic mass is 10.0. The number of rotatable bonds is 7. The number of hydrogen-bond donors (Lipinski definition) is 0. The third kappa shape index (κ3) is 4.87. The molecule has 0 aliphatic carbocycles. The van der Waals surface area contributed by atoms with Gasteiger partial charge in [0.05, 0.1) is 18.8 Å². The molecule has 31 heavy (non-hydrogen) atoms. The maximum absolute atomic E-state index is 13.2. The van der Waals surface area contributed by atoms with Crippen LogP contribution in [0, 0.1) is 19.7 Å². The Morgan fingerprint density at radius 3 is 2.26 bits per heavy atom. The number of halogens is 1. The van der Waals surface area contributed by atoms with Crippen LogP contribution in [0.15, 0.2) is 53.6 Å². The number of carbonyl (C=O) groups excluding carboxylic acids is 1. The molecule has 0 aliphatic rings. The first-order chi connectivity index (χ1) is 14.6. The number of esters is 1. The summed E-state index contributed by atoms with van der Waals surface area (Å²) in [6.45, 7) is 9.57. The summed E-state index contributed by atoms with van der Waals surface area (Å²) in [5.74, 6) is -0.153. The average Bonchev–Trinajstić information content (AvgIpc) is 3.06. The zero-order chi connectivity index (χ0) is 22.8. The van der Waals surface area contributed by atoms with E-state index in [1.54, 1.807) is 49.9 Å². The van der Waals surface area contributed by atoms with Crippen LogP contribution in [0.25, 0.3) is 5.69 Å². The first kappa shape index (κ1) is 22.3. The molecule has 0 saturated heterocycles. The highest BCUT2D eigenvalue weighted by molar-refractivity contribution is 5.79. The summed E-state index contributed by atoms with van der Waals surface area (Å²) < 4.78 is 27.3. The van der Waals surface area contributed by atoms with Crippen molar-refractivity contribution in [2.45, 2.75) is 46.8 Å². The van der Waals surface area contributed by atoms with Crippen LogP contribution in [0.4, 0.5) is 4.39 Å². The van der Waals surface area contributed by atoms with E-state index in [0.29, 0.717) is 18.0 Å². The smallest absolute Gasteiger partial charge is 0.349 e. The monoisotopic (exact) mass is 426 g/mol. The fourth-order valence-corrected chi connectivity index (χ4v) is 3.42. The molecule has 2 aromatic carbocycles. The van der Waals surface area contributed by atoms with Crippen LogP contribution in [0.2, 0.25) is 0 Å². The van der Waals surface area contributed by atoms with Gasteiger partial charge < -0.3 is 9.47 Å². The van der Waals surface area contributed by atoms with E-state index in [4.69, 9.17) is 9.47 Å². The lowest BCUT2D eigenvalue weighted by Gasteiger charge is -2.26. The Morgan fingerprint density at radius 2 is 1.68 bits per heavy atom. The van der Waals surface area contributed by atoms with Crippen molar-refractivity contribution < 1.29 is 18.7 Å². The molecular formula is C24H27FN2O4. The number of aromatic nitrogens is 2. The van der Waals surface area contributed by atoms with Crippen molar-refractivity contribution in [3.05, 3.63) is 81.8 Å². The Hall–Kier alpha value is -3.35. The molecule has 1 heterocycles. The molecule has 0 amide bonds. The normalized spacial score (nSPS) is 11.4. The van der Waals surface area contributed by atoms with Gasteiger partial charge in [-0.15, -0.1) is 0 Å². The SMILES string of the molecule is CCOC(=O)C(C)(C)Oc1c(C)cc(Cn2ccn(-c3ccc(F)cc3)c2=O)cc1C. The fraction of sp³-hybridized carbons (Fsp3) is 0.333. The minimum atomic E-state index is -1.11. The summed E-state index contributed by atoms with van der Waals surface area (Å²) >= 11 is 0. The second-order valence-corrected chi connectivity index (χ2v) is 7.95. The van der Waals surface area contributed by atoms with Crippen LogP contribution in [-0.2, 0) is 16.1 Å². The first-order valence-corrected chi connectivity index (χ1v) is 10.1. The highest BCUT2D eigenvalue weighted by Gasteiger charge is 2.32. The number of aryl methyl sites for hydroxylation is 2. The van der Waals surface area contributed by atoms with Crippen molar-refractivity contribution in [1.29, 1.82) is 0 Å². The molecule has 0 saturated carbocycles. The number of ether oxygens (including phenoxy) is 2. The molecule has 0 radical (unpaired) electrons. The Bertz CT molecular complexity index is 1120. The number of benzene rings is 2. The molecule has 1 aromatic heterocycles. The van der Waals surface area contributed by atoms with Crippen LogP contribution < -0.4 is 10.4 Å². The van der Waals surface area contributed by atoms with Crippen molar-refractivity contribution in [3.8, 4) is 11.4 Å². The minimum absolute atomic E-state index is 0.217. The maximum atomic E-state index is 13.2. The predicted molar refractivity (Wildman–Crippen MR) is 116 cm³/mol. The Labute approximate surface area is 180 Å². The van der Waals surface area contributed by atoms with Gasteiger partial charge in [-0.2, -0.15) is 0 Å². The molecule has 0 spiro atoms. The van der Waals surface area contributed by atoms with Gasteiger partial charge in [0.2, 0.25) is 0 Å². The van der Waals surface area contributed by atoms with E-state index in [9.17, 15) is 14.0 Å². The lowest BCUT2D eigenvalue weighted by Crippen LogP contribution is -2.40. The standard InChI is InChI=1S/C24H27FN2O4/c1-6-30-22(28)24(4,5)31-21-16(2)13-18(14-17(21)3)15-26-11-12-27(23(26)29)20-9-7-19(25)8-10-20/h7-14H,6,15H2,1-5H3. The van der Waals surface area contributed by atoms with Gasteiger partial charge in [0, 0.05) is 12.4 Å². The summed E-state index contributed by atoms with van der Waals surface area (Å²) in [5.41, 5.74) is 1.91. The van der Waals surface area contributed by atoms with Crippen molar-refractivity contribution in [2.75, 3.05) is 6.61 Å². The van der Waals surface area contributed by atoms with Gasteiger partial charge in [0.25, 0.3) is 0 Å². The van der Waals surface area contributed by atoms with Crippen molar-refractivity contribution in [1.82, 2.24) is 9.13 Å².